The van der Waals surface area contributed by atoms with E-state index in [4.69, 9.17) is 27.6 Å². The molecule has 4 rings (SSSR count). The second kappa shape index (κ2) is 6.44. The average Bonchev–Trinajstić information content (AvgIpc) is 3.19. The second-order valence-corrected chi connectivity index (χ2v) is 6.72. The number of aromatic nitrogens is 4. The van der Waals surface area contributed by atoms with Crippen LogP contribution in [0.15, 0.2) is 35.0 Å². The summed E-state index contributed by atoms with van der Waals surface area (Å²) in [5, 5.41) is 11.3. The van der Waals surface area contributed by atoms with E-state index in [-0.39, 0.29) is 11.4 Å². The molecule has 0 radical (unpaired) electrons. The number of hydrogen-bond donors (Lipinski definition) is 1. The maximum Gasteiger partial charge on any atom is 0.314 e. The first-order valence-corrected chi connectivity index (χ1v) is 8.40. The third kappa shape index (κ3) is 3.22. The summed E-state index contributed by atoms with van der Waals surface area (Å²) < 4.78 is 29.9. The fourth-order valence-corrected chi connectivity index (χ4v) is 3.21. The van der Waals surface area contributed by atoms with Crippen LogP contribution < -0.4 is 5.32 Å². The summed E-state index contributed by atoms with van der Waals surface area (Å²) in [5.74, 6) is -0.420. The topological polar surface area (TPSA) is 76.7 Å². The lowest BCUT2D eigenvalue weighted by atomic mass is 10.1. The van der Waals surface area contributed by atoms with E-state index in [1.807, 2.05) is 6.07 Å². The largest absolute Gasteiger partial charge is 0.415 e. The number of anilines is 1. The van der Waals surface area contributed by atoms with Gasteiger partial charge in [-0.1, -0.05) is 29.3 Å². The summed E-state index contributed by atoms with van der Waals surface area (Å²) in [7, 11) is 0. The maximum atomic E-state index is 12.5. The van der Waals surface area contributed by atoms with Gasteiger partial charge in [0.2, 0.25) is 5.95 Å². The zero-order valence-electron chi connectivity index (χ0n) is 13.1. The Bertz CT molecular complexity index is 944. The van der Waals surface area contributed by atoms with Gasteiger partial charge < -0.3 is 9.73 Å². The molecular weight excluding hydrogens is 387 g/mol. The van der Waals surface area contributed by atoms with Gasteiger partial charge in [-0.15, -0.1) is 10.2 Å². The summed E-state index contributed by atoms with van der Waals surface area (Å²) in [6.07, 6.45) is 1.79. The van der Waals surface area contributed by atoms with Crippen LogP contribution in [-0.4, -0.2) is 20.2 Å². The summed E-state index contributed by atoms with van der Waals surface area (Å²) in [6, 6.07) is 5.36. The summed E-state index contributed by atoms with van der Waals surface area (Å²) in [4.78, 5) is 8.40. The molecule has 0 bridgehead atoms. The number of rotatable bonds is 5. The van der Waals surface area contributed by atoms with Gasteiger partial charge in [0, 0.05) is 22.4 Å². The van der Waals surface area contributed by atoms with Crippen molar-refractivity contribution in [3.05, 3.63) is 52.1 Å². The van der Waals surface area contributed by atoms with Crippen LogP contribution in [0.5, 0.6) is 0 Å². The smallest absolute Gasteiger partial charge is 0.314 e. The Kier molecular flexibility index (Phi) is 4.24. The van der Waals surface area contributed by atoms with E-state index in [2.05, 4.69) is 25.5 Å². The normalized spacial score (nSPS) is 15.3. The Morgan fingerprint density at radius 2 is 1.85 bits per heavy atom. The van der Waals surface area contributed by atoms with Crippen LogP contribution in [0.3, 0.4) is 0 Å². The quantitative estimate of drug-likeness (QED) is 0.661. The zero-order valence-corrected chi connectivity index (χ0v) is 14.6. The zero-order chi connectivity index (χ0) is 18.3. The van der Waals surface area contributed by atoms with E-state index >= 15 is 0 Å². The molecule has 0 aliphatic heterocycles. The highest BCUT2D eigenvalue weighted by atomic mass is 35.5. The van der Waals surface area contributed by atoms with E-state index in [9.17, 15) is 8.78 Å². The van der Waals surface area contributed by atoms with E-state index in [0.29, 0.717) is 21.6 Å². The molecule has 2 heterocycles. The van der Waals surface area contributed by atoms with Crippen molar-refractivity contribution >= 4 is 29.2 Å². The SMILES string of the molecule is FC(F)c1nnc(-c2cnc(NC3(c4ccc(Cl)cc4Cl)CC3)nc2)o1. The lowest BCUT2D eigenvalue weighted by molar-refractivity contribution is 0.116. The molecule has 1 saturated carbocycles. The third-order valence-corrected chi connectivity index (χ3v) is 4.62. The first-order chi connectivity index (χ1) is 12.5. The molecule has 0 saturated heterocycles. The van der Waals surface area contributed by atoms with Crippen LogP contribution in [0.1, 0.15) is 30.7 Å². The standard InChI is InChI=1S/C16H11Cl2F2N5O/c17-9-1-2-10(11(18)5-9)16(3-4-16)23-15-21-6-8(7-22-15)13-24-25-14(26-13)12(19)20/h1-2,5-7,12H,3-4H2,(H,21,22,23). The molecule has 6 nitrogen and oxygen atoms in total. The van der Waals surface area contributed by atoms with Crippen LogP contribution in [-0.2, 0) is 5.54 Å². The lowest BCUT2D eigenvalue weighted by Gasteiger charge is -2.19. The van der Waals surface area contributed by atoms with Gasteiger partial charge in [0.05, 0.1) is 11.1 Å². The fraction of sp³-hybridized carbons (Fsp3) is 0.250. The van der Waals surface area contributed by atoms with Gasteiger partial charge in [-0.05, 0) is 30.5 Å². The molecule has 1 N–H and O–H groups in total. The van der Waals surface area contributed by atoms with Crippen molar-refractivity contribution in [1.82, 2.24) is 20.2 Å². The lowest BCUT2D eigenvalue weighted by Crippen LogP contribution is -2.20. The Morgan fingerprint density at radius 1 is 1.12 bits per heavy atom. The minimum absolute atomic E-state index is 0.0614. The second-order valence-electron chi connectivity index (χ2n) is 5.87. The first kappa shape index (κ1) is 17.1. The van der Waals surface area contributed by atoms with Gasteiger partial charge in [0.15, 0.2) is 0 Å². The highest BCUT2D eigenvalue weighted by molar-refractivity contribution is 6.35. The summed E-state index contributed by atoms with van der Waals surface area (Å²) in [5.41, 5.74) is 0.940. The Labute approximate surface area is 156 Å². The van der Waals surface area contributed by atoms with Gasteiger partial charge in [-0.25, -0.2) is 9.97 Å². The number of hydrogen-bond acceptors (Lipinski definition) is 6. The van der Waals surface area contributed by atoms with Crippen molar-refractivity contribution in [2.45, 2.75) is 24.8 Å². The minimum Gasteiger partial charge on any atom is -0.415 e. The van der Waals surface area contributed by atoms with Crippen LogP contribution in [0.25, 0.3) is 11.5 Å². The molecule has 1 aliphatic rings. The Morgan fingerprint density at radius 3 is 2.42 bits per heavy atom. The number of halogens is 4. The predicted octanol–water partition coefficient (Wildman–Crippen LogP) is 4.87. The van der Waals surface area contributed by atoms with Crippen LogP contribution in [0, 0.1) is 0 Å². The average molecular weight is 398 g/mol. The van der Waals surface area contributed by atoms with Crippen molar-refractivity contribution in [2.24, 2.45) is 0 Å². The molecule has 1 aromatic carbocycles. The van der Waals surface area contributed by atoms with Crippen molar-refractivity contribution in [3.8, 4) is 11.5 Å². The molecule has 3 aromatic rings. The molecule has 134 valence electrons. The molecule has 2 aromatic heterocycles. The number of benzene rings is 1. The van der Waals surface area contributed by atoms with E-state index in [0.717, 1.165) is 18.4 Å². The van der Waals surface area contributed by atoms with Crippen LogP contribution in [0.2, 0.25) is 10.0 Å². The number of alkyl halides is 2. The molecule has 0 amide bonds. The van der Waals surface area contributed by atoms with Gasteiger partial charge in [-0.2, -0.15) is 8.78 Å². The Hall–Kier alpha value is -2.32. The molecule has 1 fully saturated rings. The van der Waals surface area contributed by atoms with E-state index in [1.165, 1.54) is 12.4 Å². The predicted molar refractivity (Wildman–Crippen MR) is 91.3 cm³/mol. The fourth-order valence-electron chi connectivity index (χ4n) is 2.62. The highest BCUT2D eigenvalue weighted by Crippen LogP contribution is 2.50. The Balaban J connectivity index is 1.54. The van der Waals surface area contributed by atoms with Gasteiger partial charge in [0.25, 0.3) is 11.8 Å². The minimum atomic E-state index is -2.82. The number of nitrogens with zero attached hydrogens (tertiary/aromatic N) is 4. The molecular formula is C16H11Cl2F2N5O. The van der Waals surface area contributed by atoms with Crippen molar-refractivity contribution in [3.63, 3.8) is 0 Å². The molecule has 10 heteroatoms. The molecule has 0 atom stereocenters. The van der Waals surface area contributed by atoms with Gasteiger partial charge >= 0.3 is 6.43 Å². The molecule has 0 unspecified atom stereocenters. The molecule has 26 heavy (non-hydrogen) atoms. The summed E-state index contributed by atoms with van der Waals surface area (Å²) >= 11 is 12.2. The third-order valence-electron chi connectivity index (χ3n) is 4.07. The van der Waals surface area contributed by atoms with Gasteiger partial charge in [0.1, 0.15) is 0 Å². The van der Waals surface area contributed by atoms with Crippen LogP contribution in [0.4, 0.5) is 14.7 Å². The van der Waals surface area contributed by atoms with Gasteiger partial charge in [-0.3, -0.25) is 0 Å². The highest BCUT2D eigenvalue weighted by Gasteiger charge is 2.46. The molecule has 0 spiro atoms. The maximum absolute atomic E-state index is 12.5. The van der Waals surface area contributed by atoms with E-state index < -0.39 is 12.3 Å². The van der Waals surface area contributed by atoms with Crippen molar-refractivity contribution in [2.75, 3.05) is 5.32 Å². The van der Waals surface area contributed by atoms with Crippen molar-refractivity contribution in [1.29, 1.82) is 0 Å². The monoisotopic (exact) mass is 397 g/mol. The number of nitrogens with one attached hydrogen (secondary N) is 1. The van der Waals surface area contributed by atoms with Crippen molar-refractivity contribution < 1.29 is 13.2 Å². The van der Waals surface area contributed by atoms with E-state index in [1.54, 1.807) is 12.1 Å². The van der Waals surface area contributed by atoms with Crippen LogP contribution >= 0.6 is 23.2 Å². The first-order valence-electron chi connectivity index (χ1n) is 7.64. The molecule has 1 aliphatic carbocycles. The summed E-state index contributed by atoms with van der Waals surface area (Å²) in [6.45, 7) is 0.